The molecule has 0 aliphatic carbocycles. The number of aromatic nitrogens is 2. The van der Waals surface area contributed by atoms with Crippen LogP contribution in [0.2, 0.25) is 0 Å². The lowest BCUT2D eigenvalue weighted by atomic mass is 9.80. The Labute approximate surface area is 198 Å². The Hall–Kier alpha value is -4.10. The van der Waals surface area contributed by atoms with E-state index in [1.54, 1.807) is 69.1 Å². The van der Waals surface area contributed by atoms with Gasteiger partial charge in [-0.1, -0.05) is 36.4 Å². The first-order chi connectivity index (χ1) is 16.5. The molecule has 1 amide bonds. The van der Waals surface area contributed by atoms with Gasteiger partial charge in [0, 0.05) is 30.9 Å². The molecule has 0 saturated carbocycles. The molecule has 4 rings (SSSR count). The van der Waals surface area contributed by atoms with Crippen molar-refractivity contribution < 1.29 is 19.4 Å². The van der Waals surface area contributed by atoms with E-state index in [9.17, 15) is 9.90 Å². The number of amides is 1. The van der Waals surface area contributed by atoms with Crippen molar-refractivity contribution in [1.82, 2.24) is 15.3 Å². The van der Waals surface area contributed by atoms with Crippen LogP contribution in [0.25, 0.3) is 0 Å². The van der Waals surface area contributed by atoms with E-state index in [0.29, 0.717) is 46.7 Å². The van der Waals surface area contributed by atoms with E-state index in [0.717, 1.165) is 5.82 Å². The zero-order valence-electron chi connectivity index (χ0n) is 19.1. The molecular weight excluding hydrogens is 430 g/mol. The fraction of sp³-hybridized carbons (Fsp3) is 0.185. The van der Waals surface area contributed by atoms with Gasteiger partial charge in [0.25, 0.3) is 5.91 Å². The van der Waals surface area contributed by atoms with Crippen LogP contribution >= 0.6 is 0 Å². The molecule has 4 aromatic rings. The van der Waals surface area contributed by atoms with Gasteiger partial charge in [-0.25, -0.2) is 4.98 Å². The molecule has 0 radical (unpaired) electrons. The highest BCUT2D eigenvalue weighted by Gasteiger charge is 2.34. The maximum Gasteiger partial charge on any atom is 0.251 e. The number of carbonyl (C=O) groups excluding carboxylic acids is 1. The Bertz CT molecular complexity index is 1170. The third kappa shape index (κ3) is 4.79. The summed E-state index contributed by atoms with van der Waals surface area (Å²) in [5, 5.41) is 15.0. The Morgan fingerprint density at radius 3 is 2.09 bits per heavy atom. The molecule has 0 aliphatic heterocycles. The van der Waals surface area contributed by atoms with Crippen molar-refractivity contribution in [2.24, 2.45) is 0 Å². The van der Waals surface area contributed by atoms with Crippen LogP contribution in [0.15, 0.2) is 85.2 Å². The van der Waals surface area contributed by atoms with Crippen molar-refractivity contribution in [2.75, 3.05) is 20.8 Å². The highest BCUT2D eigenvalue weighted by molar-refractivity contribution is 5.94. The van der Waals surface area contributed by atoms with Crippen LogP contribution < -0.4 is 14.8 Å². The second-order valence-corrected chi connectivity index (χ2v) is 7.79. The summed E-state index contributed by atoms with van der Waals surface area (Å²) in [6.45, 7) is 0.442. The fourth-order valence-electron chi connectivity index (χ4n) is 3.88. The third-order valence-corrected chi connectivity index (χ3v) is 5.76. The molecule has 0 fully saturated rings. The summed E-state index contributed by atoms with van der Waals surface area (Å²) in [7, 11) is 3.19. The smallest absolute Gasteiger partial charge is 0.251 e. The minimum atomic E-state index is -1.50. The molecule has 7 nitrogen and oxygen atoms in total. The van der Waals surface area contributed by atoms with Gasteiger partial charge in [-0.2, -0.15) is 0 Å². The number of H-pyrrole nitrogens is 1. The van der Waals surface area contributed by atoms with Gasteiger partial charge >= 0.3 is 0 Å². The molecule has 7 heteroatoms. The van der Waals surface area contributed by atoms with Crippen molar-refractivity contribution in [2.45, 2.75) is 12.0 Å². The molecule has 0 unspecified atom stereocenters. The lowest BCUT2D eigenvalue weighted by Gasteiger charge is -2.30. The van der Waals surface area contributed by atoms with Gasteiger partial charge in [-0.05, 0) is 53.1 Å². The summed E-state index contributed by atoms with van der Waals surface area (Å²) < 4.78 is 10.6. The van der Waals surface area contributed by atoms with Crippen molar-refractivity contribution in [3.63, 3.8) is 0 Å². The number of imidazole rings is 1. The lowest BCUT2D eigenvalue weighted by Crippen LogP contribution is -2.30. The Morgan fingerprint density at radius 1 is 0.941 bits per heavy atom. The van der Waals surface area contributed by atoms with Gasteiger partial charge in [-0.15, -0.1) is 0 Å². The van der Waals surface area contributed by atoms with Crippen LogP contribution in [0.1, 0.15) is 32.9 Å². The predicted octanol–water partition coefficient (Wildman–Crippen LogP) is 3.68. The number of methoxy groups -OCH3 is 2. The number of hydrogen-bond donors (Lipinski definition) is 3. The monoisotopic (exact) mass is 457 g/mol. The maximum atomic E-state index is 12.8. The average Bonchev–Trinajstić information content (AvgIpc) is 3.42. The molecule has 0 saturated heterocycles. The first kappa shape index (κ1) is 23.1. The first-order valence-electron chi connectivity index (χ1n) is 10.9. The zero-order chi connectivity index (χ0) is 24.0. The van der Waals surface area contributed by atoms with Crippen molar-refractivity contribution >= 4 is 5.91 Å². The second-order valence-electron chi connectivity index (χ2n) is 7.79. The molecule has 34 heavy (non-hydrogen) atoms. The lowest BCUT2D eigenvalue weighted by molar-refractivity contribution is 0.0953. The van der Waals surface area contributed by atoms with E-state index < -0.39 is 5.60 Å². The quantitative estimate of drug-likeness (QED) is 0.333. The van der Waals surface area contributed by atoms with Gasteiger partial charge in [0.15, 0.2) is 0 Å². The van der Waals surface area contributed by atoms with E-state index in [2.05, 4.69) is 15.3 Å². The number of ether oxygens (including phenoxy) is 2. The summed E-state index contributed by atoms with van der Waals surface area (Å²) in [6, 6.07) is 21.5. The number of aliphatic hydroxyl groups is 1. The molecular formula is C27H27N3O4. The zero-order valence-corrected chi connectivity index (χ0v) is 19.1. The normalized spacial score (nSPS) is 11.1. The molecule has 3 N–H and O–H groups in total. The minimum Gasteiger partial charge on any atom is -0.497 e. The van der Waals surface area contributed by atoms with E-state index in [4.69, 9.17) is 9.47 Å². The van der Waals surface area contributed by atoms with E-state index >= 15 is 0 Å². The standard InChI is InChI=1S/C27H27N3O4/c1-33-23-10-6-20(7-11-23)27(32,21-8-12-24(34-2)13-9-21)22-5-3-4-19(18-22)26(31)30-15-14-25-28-16-17-29-25/h3-13,16-18,32H,14-15H2,1-2H3,(H,28,29)(H,30,31). The Balaban J connectivity index is 1.67. The number of aromatic amines is 1. The van der Waals surface area contributed by atoms with Crippen LogP contribution in [0.4, 0.5) is 0 Å². The minimum absolute atomic E-state index is 0.222. The Morgan fingerprint density at radius 2 is 1.56 bits per heavy atom. The van der Waals surface area contributed by atoms with Gasteiger partial charge < -0.3 is 24.9 Å². The van der Waals surface area contributed by atoms with Gasteiger partial charge in [-0.3, -0.25) is 4.79 Å². The van der Waals surface area contributed by atoms with Crippen LogP contribution in [-0.2, 0) is 12.0 Å². The van der Waals surface area contributed by atoms with Crippen molar-refractivity contribution in [3.8, 4) is 11.5 Å². The number of rotatable bonds is 9. The van der Waals surface area contributed by atoms with Gasteiger partial charge in [0.1, 0.15) is 22.9 Å². The molecule has 0 atom stereocenters. The highest BCUT2D eigenvalue weighted by atomic mass is 16.5. The second kappa shape index (κ2) is 10.2. The van der Waals surface area contributed by atoms with E-state index in [1.807, 2.05) is 30.3 Å². The van der Waals surface area contributed by atoms with E-state index in [-0.39, 0.29) is 5.91 Å². The summed E-state index contributed by atoms with van der Waals surface area (Å²) >= 11 is 0. The Kier molecular flexibility index (Phi) is 6.94. The van der Waals surface area contributed by atoms with Crippen LogP contribution in [0.5, 0.6) is 11.5 Å². The predicted molar refractivity (Wildman–Crippen MR) is 129 cm³/mol. The summed E-state index contributed by atoms with van der Waals surface area (Å²) in [5.41, 5.74) is 0.824. The molecule has 0 aliphatic rings. The molecule has 1 aromatic heterocycles. The molecule has 1 heterocycles. The first-order valence-corrected chi connectivity index (χ1v) is 10.9. The largest absolute Gasteiger partial charge is 0.497 e. The summed E-state index contributed by atoms with van der Waals surface area (Å²) in [4.78, 5) is 20.0. The number of nitrogens with one attached hydrogen (secondary N) is 2. The van der Waals surface area contributed by atoms with Crippen molar-refractivity contribution in [1.29, 1.82) is 0 Å². The fourth-order valence-corrected chi connectivity index (χ4v) is 3.88. The SMILES string of the molecule is COc1ccc(C(O)(c2ccc(OC)cc2)c2cccc(C(=O)NCCc3ncc[nH]3)c2)cc1. The average molecular weight is 458 g/mol. The van der Waals surface area contributed by atoms with Crippen LogP contribution in [0, 0.1) is 0 Å². The van der Waals surface area contributed by atoms with Crippen LogP contribution in [-0.4, -0.2) is 41.7 Å². The topological polar surface area (TPSA) is 96.5 Å². The van der Waals surface area contributed by atoms with Gasteiger partial charge in [0.2, 0.25) is 0 Å². The number of hydrogen-bond acceptors (Lipinski definition) is 5. The van der Waals surface area contributed by atoms with Gasteiger partial charge in [0.05, 0.1) is 14.2 Å². The number of nitrogens with zero attached hydrogens (tertiary/aromatic N) is 1. The van der Waals surface area contributed by atoms with E-state index in [1.165, 1.54) is 0 Å². The van der Waals surface area contributed by atoms with Crippen molar-refractivity contribution in [3.05, 3.63) is 113 Å². The number of carbonyl (C=O) groups is 1. The van der Waals surface area contributed by atoms with Crippen LogP contribution in [0.3, 0.4) is 0 Å². The number of benzene rings is 3. The summed E-state index contributed by atoms with van der Waals surface area (Å²) in [6.07, 6.45) is 4.03. The molecule has 174 valence electrons. The molecule has 0 spiro atoms. The molecule has 3 aromatic carbocycles. The molecule has 0 bridgehead atoms. The summed E-state index contributed by atoms with van der Waals surface area (Å²) in [5.74, 6) is 1.96. The third-order valence-electron chi connectivity index (χ3n) is 5.76. The highest BCUT2D eigenvalue weighted by Crippen LogP contribution is 2.38. The maximum absolute atomic E-state index is 12.8.